The van der Waals surface area contributed by atoms with Crippen LogP contribution in [0.2, 0.25) is 0 Å². The third-order valence-corrected chi connectivity index (χ3v) is 3.67. The Morgan fingerprint density at radius 1 is 1.31 bits per heavy atom. The van der Waals surface area contributed by atoms with E-state index in [0.717, 1.165) is 21.6 Å². The number of ether oxygens (including phenoxy) is 1. The Morgan fingerprint density at radius 2 is 1.94 bits per heavy atom. The van der Waals surface area contributed by atoms with E-state index in [1.54, 1.807) is 31.4 Å². The van der Waals surface area contributed by atoms with Crippen molar-refractivity contribution in [1.29, 1.82) is 0 Å². The number of hydrogen-bond donors (Lipinski definition) is 1. The number of benzene rings is 1. The Labute approximate surface area is 101 Å². The maximum atomic E-state index is 11.5. The Kier molecular flexibility index (Phi) is 5.21. The Balaban J connectivity index is 2.49. The van der Waals surface area contributed by atoms with Gasteiger partial charge in [-0.25, -0.2) is 0 Å². The van der Waals surface area contributed by atoms with E-state index in [-0.39, 0.29) is 10.9 Å². The van der Waals surface area contributed by atoms with E-state index in [1.807, 2.05) is 0 Å². The molecule has 0 saturated carbocycles. The van der Waals surface area contributed by atoms with Gasteiger partial charge in [0.25, 0.3) is 0 Å². The maximum Gasteiger partial charge on any atom is 0.314 e. The predicted molar refractivity (Wildman–Crippen MR) is 65.0 cm³/mol. The van der Waals surface area contributed by atoms with Crippen LogP contribution >= 0.6 is 21.6 Å². The molecule has 0 aliphatic heterocycles. The van der Waals surface area contributed by atoms with Crippen LogP contribution in [0.3, 0.4) is 0 Å². The highest BCUT2D eigenvalue weighted by Crippen LogP contribution is 2.26. The van der Waals surface area contributed by atoms with Gasteiger partial charge in [-0.2, -0.15) is 0 Å². The van der Waals surface area contributed by atoms with E-state index in [1.165, 1.54) is 0 Å². The summed E-state index contributed by atoms with van der Waals surface area (Å²) in [5.41, 5.74) is 0.531. The van der Waals surface area contributed by atoms with Crippen LogP contribution in [-0.4, -0.2) is 29.1 Å². The molecular weight excluding hydrogens is 248 g/mol. The molecule has 0 heterocycles. The van der Waals surface area contributed by atoms with Crippen molar-refractivity contribution in [2.24, 2.45) is 0 Å². The highest BCUT2D eigenvalue weighted by atomic mass is 33.1. The lowest BCUT2D eigenvalue weighted by Gasteiger charge is -2.01. The van der Waals surface area contributed by atoms with E-state index in [4.69, 9.17) is 9.84 Å². The summed E-state index contributed by atoms with van der Waals surface area (Å²) in [4.78, 5) is 21.8. The van der Waals surface area contributed by atoms with Gasteiger partial charge in [-0.05, 0) is 35.1 Å². The van der Waals surface area contributed by atoms with Gasteiger partial charge in [0.05, 0.1) is 7.11 Å². The average molecular weight is 258 g/mol. The van der Waals surface area contributed by atoms with Crippen molar-refractivity contribution in [3.05, 3.63) is 29.8 Å². The lowest BCUT2D eigenvalue weighted by molar-refractivity contribution is -0.133. The van der Waals surface area contributed by atoms with Gasteiger partial charge in [0, 0.05) is 5.56 Å². The molecular formula is C10H10O4S2. The van der Waals surface area contributed by atoms with Crippen LogP contribution in [0.25, 0.3) is 0 Å². The van der Waals surface area contributed by atoms with Gasteiger partial charge >= 0.3 is 5.97 Å². The molecule has 0 fully saturated rings. The summed E-state index contributed by atoms with van der Waals surface area (Å²) in [6.45, 7) is 0. The molecule has 0 aliphatic rings. The fraction of sp³-hybridized carbons (Fsp3) is 0.200. The molecule has 0 amide bonds. The van der Waals surface area contributed by atoms with Crippen molar-refractivity contribution in [3.8, 4) is 5.75 Å². The lowest BCUT2D eigenvalue weighted by atomic mass is 10.2. The first-order valence-electron chi connectivity index (χ1n) is 4.33. The number of carboxylic acids is 1. The number of carbonyl (C=O) groups is 2. The summed E-state index contributed by atoms with van der Waals surface area (Å²) in [6.07, 6.45) is 0. The number of methoxy groups -OCH3 is 1. The van der Waals surface area contributed by atoms with Gasteiger partial charge in [-0.1, -0.05) is 10.8 Å². The molecule has 4 nitrogen and oxygen atoms in total. The van der Waals surface area contributed by atoms with Gasteiger partial charge in [-0.15, -0.1) is 0 Å². The van der Waals surface area contributed by atoms with Crippen molar-refractivity contribution in [3.63, 3.8) is 0 Å². The summed E-state index contributed by atoms with van der Waals surface area (Å²) in [5.74, 6) is -0.341. The normalized spacial score (nSPS) is 9.81. The molecule has 0 bridgehead atoms. The first-order chi connectivity index (χ1) is 7.63. The van der Waals surface area contributed by atoms with Gasteiger partial charge in [-0.3, -0.25) is 9.59 Å². The molecule has 0 aromatic heterocycles. The molecule has 16 heavy (non-hydrogen) atoms. The quantitative estimate of drug-likeness (QED) is 0.818. The first-order valence-corrected chi connectivity index (χ1v) is 6.65. The summed E-state index contributed by atoms with van der Waals surface area (Å²) in [7, 11) is 3.49. The molecule has 1 aromatic carbocycles. The van der Waals surface area contributed by atoms with E-state index >= 15 is 0 Å². The number of aliphatic carboxylic acids is 1. The van der Waals surface area contributed by atoms with E-state index < -0.39 is 5.97 Å². The smallest absolute Gasteiger partial charge is 0.314 e. The predicted octanol–water partition coefficient (Wildman–Crippen LogP) is 2.30. The number of hydrogen-bond acceptors (Lipinski definition) is 5. The van der Waals surface area contributed by atoms with E-state index in [0.29, 0.717) is 11.3 Å². The number of carboxylic acid groups (broad SMARTS) is 1. The molecule has 0 saturated heterocycles. The fourth-order valence-corrected chi connectivity index (χ4v) is 2.50. The SMILES string of the molecule is COc1ccc(C(=O)SSCC(=O)O)cc1. The Morgan fingerprint density at radius 3 is 2.44 bits per heavy atom. The van der Waals surface area contributed by atoms with Crippen LogP contribution in [-0.2, 0) is 4.79 Å². The zero-order valence-electron chi connectivity index (χ0n) is 8.50. The van der Waals surface area contributed by atoms with Crippen LogP contribution in [0.15, 0.2) is 24.3 Å². The van der Waals surface area contributed by atoms with Gasteiger partial charge in [0.1, 0.15) is 11.5 Å². The van der Waals surface area contributed by atoms with E-state index in [9.17, 15) is 9.59 Å². The van der Waals surface area contributed by atoms with Crippen molar-refractivity contribution < 1.29 is 19.4 Å². The third kappa shape index (κ3) is 4.16. The fourth-order valence-electron chi connectivity index (χ4n) is 0.909. The van der Waals surface area contributed by atoms with Crippen LogP contribution in [0.5, 0.6) is 5.75 Å². The average Bonchev–Trinajstić information content (AvgIpc) is 2.28. The minimum atomic E-state index is -0.931. The summed E-state index contributed by atoms with van der Waals surface area (Å²) >= 11 is 0. The standard InChI is InChI=1S/C10H10O4S2/c1-14-8-4-2-7(3-5-8)10(13)16-15-6-9(11)12/h2-5H,6H2,1H3,(H,11,12). The zero-order chi connectivity index (χ0) is 12.0. The van der Waals surface area contributed by atoms with Gasteiger partial charge in [0.2, 0.25) is 5.12 Å². The number of carbonyl (C=O) groups excluding carboxylic acids is 1. The van der Waals surface area contributed by atoms with Crippen molar-refractivity contribution >= 4 is 32.7 Å². The second-order valence-corrected chi connectivity index (χ2v) is 5.02. The Hall–Kier alpha value is -1.14. The molecule has 0 atom stereocenters. The second-order valence-electron chi connectivity index (χ2n) is 2.76. The van der Waals surface area contributed by atoms with Gasteiger partial charge in [0.15, 0.2) is 0 Å². The first kappa shape index (κ1) is 12.9. The molecule has 1 N–H and O–H groups in total. The largest absolute Gasteiger partial charge is 0.497 e. The Bertz CT molecular complexity index is 375. The monoisotopic (exact) mass is 258 g/mol. The molecule has 1 aromatic rings. The summed E-state index contributed by atoms with van der Waals surface area (Å²) < 4.78 is 4.96. The van der Waals surface area contributed by atoms with Gasteiger partial charge < -0.3 is 9.84 Å². The zero-order valence-corrected chi connectivity index (χ0v) is 10.1. The van der Waals surface area contributed by atoms with E-state index in [2.05, 4.69) is 0 Å². The van der Waals surface area contributed by atoms with Crippen LogP contribution in [0, 0.1) is 0 Å². The van der Waals surface area contributed by atoms with Crippen LogP contribution < -0.4 is 4.74 Å². The second kappa shape index (κ2) is 6.44. The van der Waals surface area contributed by atoms with Crippen LogP contribution in [0.4, 0.5) is 0 Å². The summed E-state index contributed by atoms with van der Waals surface area (Å²) in [6, 6.07) is 6.68. The minimum Gasteiger partial charge on any atom is -0.497 e. The molecule has 0 radical (unpaired) electrons. The van der Waals surface area contributed by atoms with Crippen molar-refractivity contribution in [1.82, 2.24) is 0 Å². The highest BCUT2D eigenvalue weighted by molar-refractivity contribution is 8.82. The highest BCUT2D eigenvalue weighted by Gasteiger charge is 2.08. The molecule has 0 unspecified atom stereocenters. The minimum absolute atomic E-state index is 0.0907. The third-order valence-electron chi connectivity index (χ3n) is 1.64. The molecule has 6 heteroatoms. The van der Waals surface area contributed by atoms with Crippen LogP contribution in [0.1, 0.15) is 10.4 Å². The molecule has 0 spiro atoms. The number of rotatable bonds is 5. The van der Waals surface area contributed by atoms with Crippen molar-refractivity contribution in [2.45, 2.75) is 0 Å². The molecule has 0 aliphatic carbocycles. The van der Waals surface area contributed by atoms with Crippen molar-refractivity contribution in [2.75, 3.05) is 12.9 Å². The molecule has 1 rings (SSSR count). The topological polar surface area (TPSA) is 63.6 Å². The summed E-state index contributed by atoms with van der Waals surface area (Å²) in [5, 5.41) is 8.24. The molecule has 86 valence electrons. The lowest BCUT2D eigenvalue weighted by Crippen LogP contribution is -1.98. The maximum absolute atomic E-state index is 11.5.